The van der Waals surface area contributed by atoms with Crippen LogP contribution in [0.5, 0.6) is 0 Å². The molecule has 1 aromatic rings. The average Bonchev–Trinajstić information content (AvgIpc) is 3.32. The van der Waals surface area contributed by atoms with Crippen LogP contribution in [0.4, 0.5) is 0 Å². The van der Waals surface area contributed by atoms with Crippen molar-refractivity contribution in [1.82, 2.24) is 0 Å². The fourth-order valence-corrected chi connectivity index (χ4v) is 9.82. The molecular formula is C36H48O8. The third-order valence-corrected chi connectivity index (χ3v) is 11.7. The van der Waals surface area contributed by atoms with Crippen molar-refractivity contribution >= 4 is 24.0 Å². The molecular weight excluding hydrogens is 560 g/mol. The predicted octanol–water partition coefficient (Wildman–Crippen LogP) is 5.76. The van der Waals surface area contributed by atoms with Crippen molar-refractivity contribution < 1.29 is 38.8 Å². The Labute approximate surface area is 260 Å². The number of aliphatic hydroxyl groups is 2. The van der Waals surface area contributed by atoms with Gasteiger partial charge in [0, 0.05) is 24.6 Å². The zero-order chi connectivity index (χ0) is 31.9. The van der Waals surface area contributed by atoms with E-state index < -0.39 is 41.8 Å². The molecule has 8 nitrogen and oxygen atoms in total. The molecule has 44 heavy (non-hydrogen) atoms. The summed E-state index contributed by atoms with van der Waals surface area (Å²) in [5.41, 5.74) is -0.458. The number of aliphatic hydroxyl groups excluding tert-OH is 1. The van der Waals surface area contributed by atoms with Crippen LogP contribution in [0.2, 0.25) is 0 Å². The number of esters is 3. The molecule has 3 fully saturated rings. The zero-order valence-electron chi connectivity index (χ0n) is 26.7. The minimum Gasteiger partial charge on any atom is -0.463 e. The van der Waals surface area contributed by atoms with Crippen LogP contribution >= 0.6 is 0 Å². The molecule has 240 valence electrons. The van der Waals surface area contributed by atoms with E-state index in [-0.39, 0.29) is 34.8 Å². The lowest BCUT2D eigenvalue weighted by atomic mass is 9.38. The van der Waals surface area contributed by atoms with Gasteiger partial charge in [-0.05, 0) is 90.6 Å². The fraction of sp³-hybridized carbons (Fsp3) is 0.639. The summed E-state index contributed by atoms with van der Waals surface area (Å²) < 4.78 is 16.2. The molecule has 3 saturated carbocycles. The van der Waals surface area contributed by atoms with E-state index in [9.17, 15) is 24.6 Å². The van der Waals surface area contributed by atoms with Crippen LogP contribution in [0, 0.1) is 34.0 Å². The molecule has 0 saturated heterocycles. The third-order valence-electron chi connectivity index (χ3n) is 11.7. The van der Waals surface area contributed by atoms with Crippen molar-refractivity contribution in [1.29, 1.82) is 0 Å². The molecule has 2 N–H and O–H groups in total. The number of carbonyl (C=O) groups excluding carboxylic acids is 3. The second kappa shape index (κ2) is 12.1. The lowest BCUT2D eigenvalue weighted by Gasteiger charge is -2.68. The Bertz CT molecular complexity index is 1320. The smallest absolute Gasteiger partial charge is 0.334 e. The zero-order valence-corrected chi connectivity index (χ0v) is 26.7. The molecule has 0 amide bonds. The molecule has 1 aromatic carbocycles. The number of fused-ring (bicyclic) bond motifs is 3. The molecule has 1 aliphatic heterocycles. The van der Waals surface area contributed by atoms with E-state index in [2.05, 4.69) is 27.7 Å². The number of carbonyl (C=O) groups is 3. The molecule has 3 aliphatic carbocycles. The van der Waals surface area contributed by atoms with Gasteiger partial charge in [0.15, 0.2) is 0 Å². The molecule has 0 spiro atoms. The monoisotopic (exact) mass is 608 g/mol. The van der Waals surface area contributed by atoms with Crippen LogP contribution in [-0.4, -0.2) is 52.7 Å². The van der Waals surface area contributed by atoms with Crippen molar-refractivity contribution in [3.05, 3.63) is 53.6 Å². The number of ether oxygens (including phenoxy) is 3. The molecule has 8 atom stereocenters. The fourth-order valence-electron chi connectivity index (χ4n) is 9.82. The van der Waals surface area contributed by atoms with Crippen LogP contribution in [0.1, 0.15) is 91.5 Å². The summed E-state index contributed by atoms with van der Waals surface area (Å²) in [6, 6.07) is 9.25. The van der Waals surface area contributed by atoms with Crippen molar-refractivity contribution in [2.45, 2.75) is 104 Å². The first-order valence-corrected chi connectivity index (χ1v) is 16.1. The third kappa shape index (κ3) is 6.12. The van der Waals surface area contributed by atoms with Crippen LogP contribution in [-0.2, 0) is 28.6 Å². The SMILES string of the molecule is CC(=O)OCC1(O)CCC2C3(C)CCCC(C)(C)C3CCC2(C)C1CC(O)C1=CC(=O)OC1OC(=O)/C=C/c1ccccc1. The largest absolute Gasteiger partial charge is 0.463 e. The van der Waals surface area contributed by atoms with E-state index in [4.69, 9.17) is 14.2 Å². The van der Waals surface area contributed by atoms with Crippen molar-refractivity contribution in [3.8, 4) is 0 Å². The minimum atomic E-state index is -1.37. The number of hydrogen-bond donors (Lipinski definition) is 2. The first kappa shape index (κ1) is 32.4. The Morgan fingerprint density at radius 1 is 1.02 bits per heavy atom. The van der Waals surface area contributed by atoms with Crippen molar-refractivity contribution in [3.63, 3.8) is 0 Å². The second-order valence-corrected chi connectivity index (χ2v) is 14.8. The van der Waals surface area contributed by atoms with Gasteiger partial charge in [-0.2, -0.15) is 0 Å². The Morgan fingerprint density at radius 2 is 1.73 bits per heavy atom. The summed E-state index contributed by atoms with van der Waals surface area (Å²) >= 11 is 0. The highest BCUT2D eigenvalue weighted by molar-refractivity contribution is 5.89. The summed E-state index contributed by atoms with van der Waals surface area (Å²) in [5.74, 6) is -1.48. The van der Waals surface area contributed by atoms with Gasteiger partial charge in [-0.3, -0.25) is 4.79 Å². The standard InChI is InChI=1S/C36H48O8/c1-23(37)42-22-36(41)19-15-28-34(4)17-9-16-33(2,3)27(34)14-18-35(28,5)29(36)21-26(38)25-20-31(40)44-32(25)43-30(39)13-12-24-10-7-6-8-11-24/h6-8,10-13,20,26-29,32,38,41H,9,14-19,21-22H2,1-5H3/b13-12+. The van der Waals surface area contributed by atoms with Gasteiger partial charge in [0.25, 0.3) is 6.29 Å². The van der Waals surface area contributed by atoms with E-state index in [1.807, 2.05) is 30.3 Å². The lowest BCUT2D eigenvalue weighted by Crippen LogP contribution is -2.64. The number of rotatable bonds is 8. The maximum atomic E-state index is 12.7. The highest BCUT2D eigenvalue weighted by atomic mass is 16.7. The molecule has 5 rings (SSSR count). The van der Waals surface area contributed by atoms with Crippen LogP contribution in [0.15, 0.2) is 48.1 Å². The first-order chi connectivity index (χ1) is 20.7. The first-order valence-electron chi connectivity index (χ1n) is 16.1. The van der Waals surface area contributed by atoms with E-state index in [1.54, 1.807) is 6.08 Å². The summed E-state index contributed by atoms with van der Waals surface area (Å²) in [4.78, 5) is 36.9. The Kier molecular flexibility index (Phi) is 8.91. The normalized spacial score (nSPS) is 36.9. The number of hydrogen-bond acceptors (Lipinski definition) is 8. The predicted molar refractivity (Wildman–Crippen MR) is 165 cm³/mol. The van der Waals surface area contributed by atoms with E-state index in [0.717, 1.165) is 37.7 Å². The van der Waals surface area contributed by atoms with Crippen LogP contribution < -0.4 is 0 Å². The van der Waals surface area contributed by atoms with Crippen LogP contribution in [0.3, 0.4) is 0 Å². The van der Waals surface area contributed by atoms with Crippen molar-refractivity contribution in [2.24, 2.45) is 34.0 Å². The maximum absolute atomic E-state index is 12.7. The van der Waals surface area contributed by atoms with Gasteiger partial charge >= 0.3 is 17.9 Å². The molecule has 0 radical (unpaired) electrons. The highest BCUT2D eigenvalue weighted by Gasteiger charge is 2.65. The lowest BCUT2D eigenvalue weighted by molar-refractivity contribution is -0.231. The highest BCUT2D eigenvalue weighted by Crippen LogP contribution is 2.70. The molecule has 8 heteroatoms. The van der Waals surface area contributed by atoms with Crippen LogP contribution in [0.25, 0.3) is 6.08 Å². The van der Waals surface area contributed by atoms with E-state index >= 15 is 0 Å². The molecule has 4 aliphatic rings. The second-order valence-electron chi connectivity index (χ2n) is 14.8. The Morgan fingerprint density at radius 3 is 2.43 bits per heavy atom. The Balaban J connectivity index is 1.40. The number of cyclic esters (lactones) is 1. The summed E-state index contributed by atoms with van der Waals surface area (Å²) in [5, 5.41) is 23.9. The van der Waals surface area contributed by atoms with Crippen molar-refractivity contribution in [2.75, 3.05) is 6.61 Å². The summed E-state index contributed by atoms with van der Waals surface area (Å²) in [6.45, 7) is 10.6. The van der Waals surface area contributed by atoms with Gasteiger partial charge in [-0.1, -0.05) is 64.4 Å². The van der Waals surface area contributed by atoms with Gasteiger partial charge in [0.1, 0.15) is 12.2 Å². The molecule has 0 bridgehead atoms. The minimum absolute atomic E-state index is 0.0789. The molecule has 8 unspecified atom stereocenters. The summed E-state index contributed by atoms with van der Waals surface area (Å²) in [6.07, 6.45) is 8.17. The van der Waals surface area contributed by atoms with Gasteiger partial charge in [0.2, 0.25) is 0 Å². The van der Waals surface area contributed by atoms with E-state index in [1.165, 1.54) is 25.5 Å². The quantitative estimate of drug-likeness (QED) is 0.283. The van der Waals surface area contributed by atoms with Gasteiger partial charge < -0.3 is 24.4 Å². The molecule has 1 heterocycles. The maximum Gasteiger partial charge on any atom is 0.334 e. The van der Waals surface area contributed by atoms with Gasteiger partial charge in [0.05, 0.1) is 6.10 Å². The average molecular weight is 609 g/mol. The van der Waals surface area contributed by atoms with Gasteiger partial charge in [-0.15, -0.1) is 0 Å². The summed E-state index contributed by atoms with van der Waals surface area (Å²) in [7, 11) is 0. The molecule has 0 aromatic heterocycles. The van der Waals surface area contributed by atoms with Gasteiger partial charge in [-0.25, -0.2) is 9.59 Å². The Hall–Kier alpha value is -2.97. The number of benzene rings is 1. The topological polar surface area (TPSA) is 119 Å². The van der Waals surface area contributed by atoms with E-state index in [0.29, 0.717) is 18.3 Å².